The lowest BCUT2D eigenvalue weighted by molar-refractivity contribution is -0.870. The molecule has 304 valence electrons. The number of allylic oxidation sites excluding steroid dienone is 6. The number of ether oxygens (including phenoxy) is 2. The number of likely N-dealkylation sites (N-methyl/N-ethyl adjacent to an activating group) is 1. The van der Waals surface area contributed by atoms with Crippen LogP contribution in [0.1, 0.15) is 168 Å². The number of quaternary nitrogens is 1. The average molecular weight is 757 g/mol. The molecule has 0 saturated heterocycles. The highest BCUT2D eigenvalue weighted by atomic mass is 31.2. The number of phosphoric acid groups is 1. The summed E-state index contributed by atoms with van der Waals surface area (Å²) < 4.78 is 34.2. The summed E-state index contributed by atoms with van der Waals surface area (Å²) in [5.41, 5.74) is 0. The van der Waals surface area contributed by atoms with Crippen molar-refractivity contribution in [2.45, 2.75) is 174 Å². The maximum atomic E-state index is 12.6. The normalized spacial score (nSPS) is 14.0. The Bertz CT molecular complexity index is 991. The van der Waals surface area contributed by atoms with E-state index in [1.54, 1.807) is 0 Å². The van der Waals surface area contributed by atoms with E-state index in [4.69, 9.17) is 18.5 Å². The summed E-state index contributed by atoms with van der Waals surface area (Å²) in [5, 5.41) is 0. The van der Waals surface area contributed by atoms with Crippen molar-refractivity contribution in [1.82, 2.24) is 0 Å². The Labute approximate surface area is 319 Å². The zero-order valence-corrected chi connectivity index (χ0v) is 34.9. The Hall–Kier alpha value is -1.77. The molecule has 52 heavy (non-hydrogen) atoms. The van der Waals surface area contributed by atoms with Crippen LogP contribution in [0, 0.1) is 0 Å². The van der Waals surface area contributed by atoms with E-state index in [1.807, 2.05) is 39.4 Å². The van der Waals surface area contributed by atoms with Gasteiger partial charge in [0.1, 0.15) is 19.8 Å². The third-order valence-electron chi connectivity index (χ3n) is 8.75. The molecular formula is C42H79NO8P+. The minimum atomic E-state index is -4.37. The first kappa shape index (κ1) is 50.2. The molecule has 9 nitrogen and oxygen atoms in total. The molecule has 2 unspecified atom stereocenters. The van der Waals surface area contributed by atoms with E-state index in [9.17, 15) is 19.0 Å². The quantitative estimate of drug-likeness (QED) is 0.0219. The lowest BCUT2D eigenvalue weighted by Gasteiger charge is -2.24. The standard InChI is InChI=1S/C42H78NO8P/c1-6-8-10-12-14-16-18-20-21-23-24-26-28-30-32-34-41(44)48-38-40(39-50-52(46,47)49-37-36-43(3,4)5)51-42(45)35-33-31-29-27-25-22-19-17-15-13-11-9-7-2/h9,11,13,15,17,19,40H,6-8,10,12,14,16,18,20-39H2,1-5H3/p+1/b11-9+,15-13+,19-17+. The predicted octanol–water partition coefficient (Wildman–Crippen LogP) is 11.4. The Morgan fingerprint density at radius 1 is 0.615 bits per heavy atom. The molecule has 0 aromatic rings. The monoisotopic (exact) mass is 757 g/mol. The van der Waals surface area contributed by atoms with Crippen molar-refractivity contribution in [2.24, 2.45) is 0 Å². The van der Waals surface area contributed by atoms with Crippen molar-refractivity contribution < 1.29 is 42.1 Å². The topological polar surface area (TPSA) is 108 Å². The van der Waals surface area contributed by atoms with Crippen LogP contribution in [0.25, 0.3) is 0 Å². The molecule has 0 saturated carbocycles. The van der Waals surface area contributed by atoms with E-state index in [0.717, 1.165) is 57.8 Å². The van der Waals surface area contributed by atoms with Gasteiger partial charge >= 0.3 is 19.8 Å². The number of carbonyl (C=O) groups excluding carboxylic acids is 2. The van der Waals surface area contributed by atoms with Gasteiger partial charge in [-0.1, -0.05) is 159 Å². The number of phosphoric ester groups is 1. The minimum Gasteiger partial charge on any atom is -0.462 e. The lowest BCUT2D eigenvalue weighted by Crippen LogP contribution is -2.37. The Kier molecular flexibility index (Phi) is 33.8. The van der Waals surface area contributed by atoms with Crippen molar-refractivity contribution in [3.8, 4) is 0 Å². The van der Waals surface area contributed by atoms with Gasteiger partial charge < -0.3 is 18.9 Å². The number of hydrogen-bond acceptors (Lipinski definition) is 7. The van der Waals surface area contributed by atoms with Gasteiger partial charge in [-0.15, -0.1) is 0 Å². The highest BCUT2D eigenvalue weighted by Crippen LogP contribution is 2.43. The third kappa shape index (κ3) is 38.0. The van der Waals surface area contributed by atoms with Crippen LogP contribution in [0.2, 0.25) is 0 Å². The molecule has 0 radical (unpaired) electrons. The van der Waals surface area contributed by atoms with Crippen LogP contribution in [-0.4, -0.2) is 74.9 Å². The summed E-state index contributed by atoms with van der Waals surface area (Å²) in [7, 11) is 1.46. The summed E-state index contributed by atoms with van der Waals surface area (Å²) in [6.45, 7) is 4.26. The molecule has 2 atom stereocenters. The predicted molar refractivity (Wildman–Crippen MR) is 215 cm³/mol. The smallest absolute Gasteiger partial charge is 0.462 e. The zero-order valence-electron chi connectivity index (χ0n) is 34.0. The highest BCUT2D eigenvalue weighted by molar-refractivity contribution is 7.47. The van der Waals surface area contributed by atoms with Gasteiger partial charge in [0.2, 0.25) is 0 Å². The number of rotatable bonds is 37. The van der Waals surface area contributed by atoms with Gasteiger partial charge in [0, 0.05) is 12.8 Å². The van der Waals surface area contributed by atoms with Gasteiger partial charge in [-0.05, 0) is 32.1 Å². The summed E-state index contributed by atoms with van der Waals surface area (Å²) in [6, 6.07) is 0. The molecule has 1 N–H and O–H groups in total. The molecule has 0 aromatic heterocycles. The maximum absolute atomic E-state index is 12.6. The number of unbranched alkanes of at least 4 members (excludes halogenated alkanes) is 19. The van der Waals surface area contributed by atoms with Gasteiger partial charge in [-0.2, -0.15) is 0 Å². The zero-order chi connectivity index (χ0) is 38.6. The van der Waals surface area contributed by atoms with E-state index >= 15 is 0 Å². The van der Waals surface area contributed by atoms with Gasteiger partial charge in [0.25, 0.3) is 0 Å². The van der Waals surface area contributed by atoms with Crippen LogP contribution in [0.15, 0.2) is 36.5 Å². The first-order chi connectivity index (χ1) is 25.0. The summed E-state index contributed by atoms with van der Waals surface area (Å²) >= 11 is 0. The van der Waals surface area contributed by atoms with E-state index in [-0.39, 0.29) is 32.0 Å². The minimum absolute atomic E-state index is 0.0277. The molecule has 0 rings (SSSR count). The Morgan fingerprint density at radius 3 is 1.62 bits per heavy atom. The Morgan fingerprint density at radius 2 is 1.10 bits per heavy atom. The number of nitrogens with zero attached hydrogens (tertiary/aromatic N) is 1. The SMILES string of the molecule is CC/C=C/C=C/C=C/CCCCCCCC(=O)OC(COC(=O)CCCCCCCCCCCCCCCCC)COP(=O)(O)OCC[N+](C)(C)C. The molecular weight excluding hydrogens is 677 g/mol. The first-order valence-electron chi connectivity index (χ1n) is 20.7. The van der Waals surface area contributed by atoms with Crippen LogP contribution in [-0.2, 0) is 32.7 Å². The van der Waals surface area contributed by atoms with Crippen LogP contribution in [0.4, 0.5) is 0 Å². The maximum Gasteiger partial charge on any atom is 0.472 e. The molecule has 0 aliphatic heterocycles. The molecule has 0 amide bonds. The second-order valence-electron chi connectivity index (χ2n) is 15.1. The molecule has 0 bridgehead atoms. The van der Waals surface area contributed by atoms with Crippen LogP contribution in [0.5, 0.6) is 0 Å². The molecule has 0 spiro atoms. The summed E-state index contributed by atoms with van der Waals surface area (Å²) in [6.07, 6.45) is 37.6. The molecule has 0 aromatic carbocycles. The average Bonchev–Trinajstić information content (AvgIpc) is 3.09. The fourth-order valence-electron chi connectivity index (χ4n) is 5.48. The molecule has 0 aliphatic carbocycles. The van der Waals surface area contributed by atoms with Crippen LogP contribution < -0.4 is 0 Å². The highest BCUT2D eigenvalue weighted by Gasteiger charge is 2.27. The first-order valence-corrected chi connectivity index (χ1v) is 22.2. The van der Waals surface area contributed by atoms with Crippen molar-refractivity contribution >= 4 is 19.8 Å². The van der Waals surface area contributed by atoms with Crippen LogP contribution in [0.3, 0.4) is 0 Å². The summed E-state index contributed by atoms with van der Waals surface area (Å²) in [5.74, 6) is -0.820. The van der Waals surface area contributed by atoms with Crippen molar-refractivity contribution in [2.75, 3.05) is 47.5 Å². The van der Waals surface area contributed by atoms with Gasteiger partial charge in [0.15, 0.2) is 6.10 Å². The number of esters is 2. The van der Waals surface area contributed by atoms with E-state index < -0.39 is 26.5 Å². The number of carbonyl (C=O) groups is 2. The van der Waals surface area contributed by atoms with E-state index in [0.29, 0.717) is 17.4 Å². The molecule has 0 aliphatic rings. The lowest BCUT2D eigenvalue weighted by atomic mass is 10.0. The second-order valence-corrected chi connectivity index (χ2v) is 16.5. The molecule has 0 heterocycles. The van der Waals surface area contributed by atoms with Gasteiger partial charge in [-0.25, -0.2) is 4.57 Å². The largest absolute Gasteiger partial charge is 0.472 e. The van der Waals surface area contributed by atoms with Gasteiger partial charge in [-0.3, -0.25) is 18.6 Å². The van der Waals surface area contributed by atoms with Crippen molar-refractivity contribution in [1.29, 1.82) is 0 Å². The number of hydrogen-bond donors (Lipinski definition) is 1. The van der Waals surface area contributed by atoms with Gasteiger partial charge in [0.05, 0.1) is 27.7 Å². The molecule has 10 heteroatoms. The Balaban J connectivity index is 4.40. The fraction of sp³-hybridized carbons (Fsp3) is 0.810. The molecule has 0 fully saturated rings. The van der Waals surface area contributed by atoms with E-state index in [1.165, 1.54) is 77.0 Å². The second kappa shape index (κ2) is 35.0. The van der Waals surface area contributed by atoms with Crippen molar-refractivity contribution in [3.05, 3.63) is 36.5 Å². The van der Waals surface area contributed by atoms with Crippen LogP contribution >= 0.6 is 7.82 Å². The fourth-order valence-corrected chi connectivity index (χ4v) is 6.23. The summed E-state index contributed by atoms with van der Waals surface area (Å²) in [4.78, 5) is 35.3. The third-order valence-corrected chi connectivity index (χ3v) is 9.73. The van der Waals surface area contributed by atoms with Crippen molar-refractivity contribution in [3.63, 3.8) is 0 Å². The van der Waals surface area contributed by atoms with E-state index in [2.05, 4.69) is 32.1 Å².